The third-order valence-corrected chi connectivity index (χ3v) is 5.26. The summed E-state index contributed by atoms with van der Waals surface area (Å²) in [4.78, 5) is 4.56. The van der Waals surface area contributed by atoms with Crippen LogP contribution in [-0.4, -0.2) is 4.98 Å². The van der Waals surface area contributed by atoms with E-state index in [1.54, 1.807) is 0 Å². The van der Waals surface area contributed by atoms with Gasteiger partial charge >= 0.3 is 0 Å². The molecule has 2 aromatic carbocycles. The molecule has 0 radical (unpaired) electrons. The van der Waals surface area contributed by atoms with Crippen molar-refractivity contribution in [3.8, 4) is 0 Å². The summed E-state index contributed by atoms with van der Waals surface area (Å²) in [6.07, 6.45) is 1.87. The van der Waals surface area contributed by atoms with Crippen LogP contribution in [0.5, 0.6) is 0 Å². The Labute approximate surface area is 124 Å². The highest BCUT2D eigenvalue weighted by Gasteiger charge is 2.16. The average molecular weight is 297 g/mol. The zero-order chi connectivity index (χ0) is 12.9. The molecule has 3 aromatic rings. The van der Waals surface area contributed by atoms with Crippen molar-refractivity contribution in [3.05, 3.63) is 85.1 Å². The first kappa shape index (κ1) is 14.9. The summed E-state index contributed by atoms with van der Waals surface area (Å²) in [5.41, 5.74) is 1.15. The van der Waals surface area contributed by atoms with Crippen molar-refractivity contribution >= 4 is 33.9 Å². The summed E-state index contributed by atoms with van der Waals surface area (Å²) in [6.45, 7) is 0. The normalized spacial score (nSPS) is 10.1. The van der Waals surface area contributed by atoms with Crippen LogP contribution in [0.3, 0.4) is 0 Å². The molecule has 1 aromatic heterocycles. The Morgan fingerprint density at radius 2 is 1.10 bits per heavy atom. The van der Waals surface area contributed by atoms with Crippen LogP contribution in [0.2, 0.25) is 0 Å². The molecule has 0 aliphatic heterocycles. The van der Waals surface area contributed by atoms with Crippen molar-refractivity contribution in [2.75, 3.05) is 0 Å². The van der Waals surface area contributed by atoms with Gasteiger partial charge in [0, 0.05) is 14.1 Å². The molecule has 0 bridgehead atoms. The lowest BCUT2D eigenvalue weighted by Gasteiger charge is -2.17. The smallest absolute Gasteiger partial charge is 0.0720 e. The van der Waals surface area contributed by atoms with E-state index in [4.69, 9.17) is 0 Å². The Hall–Kier alpha value is -1.55. The summed E-state index contributed by atoms with van der Waals surface area (Å²) in [5, 5.41) is 2.67. The minimum atomic E-state index is -0.557. The second-order valence-electron chi connectivity index (χ2n) is 4.19. The van der Waals surface area contributed by atoms with Gasteiger partial charge in [-0.3, -0.25) is 4.98 Å². The summed E-state index contributed by atoms with van der Waals surface area (Å²) in [6, 6.07) is 27.4. The molecule has 1 nitrogen and oxygen atoms in total. The summed E-state index contributed by atoms with van der Waals surface area (Å²) < 4.78 is 0. The Kier molecular flexibility index (Phi) is 5.41. The molecular formula is C17H17NP2. The molecule has 3 rings (SSSR count). The highest BCUT2D eigenvalue weighted by atomic mass is 31.1. The average Bonchev–Trinajstić information content (AvgIpc) is 2.51. The molecule has 1 unspecified atom stereocenters. The maximum atomic E-state index is 4.56. The number of hydrogen-bond acceptors (Lipinski definition) is 1. The SMILES string of the molecule is P.c1ccc(P(c2ccccc2)c2ccccn2)cc1. The molecular weight excluding hydrogens is 280 g/mol. The van der Waals surface area contributed by atoms with Crippen LogP contribution >= 0.6 is 17.8 Å². The van der Waals surface area contributed by atoms with Gasteiger partial charge in [-0.2, -0.15) is 9.90 Å². The Bertz CT molecular complexity index is 533. The number of rotatable bonds is 3. The predicted octanol–water partition coefficient (Wildman–Crippen LogP) is 2.90. The fourth-order valence-corrected chi connectivity index (χ4v) is 4.24. The van der Waals surface area contributed by atoms with E-state index in [0.717, 1.165) is 5.44 Å². The minimum Gasteiger partial charge on any atom is -0.256 e. The van der Waals surface area contributed by atoms with Crippen molar-refractivity contribution in [3.63, 3.8) is 0 Å². The zero-order valence-electron chi connectivity index (χ0n) is 11.2. The largest absolute Gasteiger partial charge is 0.256 e. The summed E-state index contributed by atoms with van der Waals surface area (Å²) in [7, 11) is -0.557. The standard InChI is InChI=1S/C17H14NP.H3P/c1-3-9-15(10-4-1)19(16-11-5-2-6-12-16)17-13-7-8-14-18-17;/h1-14H;1H3. The van der Waals surface area contributed by atoms with Gasteiger partial charge in [0.2, 0.25) is 0 Å². The minimum absolute atomic E-state index is 0. The fraction of sp³-hybridized carbons (Fsp3) is 0. The molecule has 0 saturated heterocycles. The van der Waals surface area contributed by atoms with E-state index in [0.29, 0.717) is 0 Å². The second kappa shape index (κ2) is 7.29. The Morgan fingerprint density at radius 1 is 0.600 bits per heavy atom. The van der Waals surface area contributed by atoms with Gasteiger partial charge in [0.15, 0.2) is 0 Å². The van der Waals surface area contributed by atoms with Crippen LogP contribution in [0.15, 0.2) is 85.1 Å². The van der Waals surface area contributed by atoms with Crippen molar-refractivity contribution in [1.29, 1.82) is 0 Å². The maximum absolute atomic E-state index is 4.56. The van der Waals surface area contributed by atoms with Crippen LogP contribution in [-0.2, 0) is 0 Å². The number of benzene rings is 2. The molecule has 0 fully saturated rings. The Balaban J connectivity index is 0.00000147. The topological polar surface area (TPSA) is 12.9 Å². The molecule has 0 N–H and O–H groups in total. The second-order valence-corrected chi connectivity index (χ2v) is 6.36. The molecule has 1 heterocycles. The third kappa shape index (κ3) is 3.31. The first-order valence-corrected chi connectivity index (χ1v) is 7.60. The van der Waals surface area contributed by atoms with E-state index in [1.165, 1.54) is 10.6 Å². The lowest BCUT2D eigenvalue weighted by Crippen LogP contribution is -2.22. The van der Waals surface area contributed by atoms with Crippen molar-refractivity contribution in [2.45, 2.75) is 0 Å². The number of pyridine rings is 1. The van der Waals surface area contributed by atoms with Crippen LogP contribution in [0.25, 0.3) is 0 Å². The molecule has 1 atom stereocenters. The van der Waals surface area contributed by atoms with E-state index < -0.39 is 7.92 Å². The van der Waals surface area contributed by atoms with E-state index in [-0.39, 0.29) is 9.90 Å². The summed E-state index contributed by atoms with van der Waals surface area (Å²) in [5.74, 6) is 0. The van der Waals surface area contributed by atoms with Crippen LogP contribution < -0.4 is 16.0 Å². The van der Waals surface area contributed by atoms with Gasteiger partial charge in [-0.1, -0.05) is 66.7 Å². The van der Waals surface area contributed by atoms with Gasteiger partial charge in [-0.15, -0.1) is 0 Å². The van der Waals surface area contributed by atoms with E-state index in [2.05, 4.69) is 77.8 Å². The quantitative estimate of drug-likeness (QED) is 0.677. The first-order chi connectivity index (χ1) is 9.45. The van der Waals surface area contributed by atoms with Crippen LogP contribution in [0, 0.1) is 0 Å². The van der Waals surface area contributed by atoms with E-state index in [9.17, 15) is 0 Å². The van der Waals surface area contributed by atoms with Crippen LogP contribution in [0.1, 0.15) is 0 Å². The lowest BCUT2D eigenvalue weighted by molar-refractivity contribution is 1.39. The molecule has 0 amide bonds. The maximum Gasteiger partial charge on any atom is 0.0720 e. The van der Waals surface area contributed by atoms with Gasteiger partial charge in [0.05, 0.1) is 5.44 Å². The zero-order valence-corrected chi connectivity index (χ0v) is 13.5. The third-order valence-electron chi connectivity index (χ3n) is 2.91. The highest BCUT2D eigenvalue weighted by Crippen LogP contribution is 2.31. The van der Waals surface area contributed by atoms with E-state index >= 15 is 0 Å². The van der Waals surface area contributed by atoms with Crippen LogP contribution in [0.4, 0.5) is 0 Å². The molecule has 3 heteroatoms. The number of nitrogens with zero attached hydrogens (tertiary/aromatic N) is 1. The van der Waals surface area contributed by atoms with Gasteiger partial charge in [0.25, 0.3) is 0 Å². The van der Waals surface area contributed by atoms with Gasteiger partial charge in [0.1, 0.15) is 0 Å². The molecule has 20 heavy (non-hydrogen) atoms. The van der Waals surface area contributed by atoms with Crippen molar-refractivity contribution < 1.29 is 0 Å². The molecule has 100 valence electrons. The lowest BCUT2D eigenvalue weighted by atomic mass is 10.4. The summed E-state index contributed by atoms with van der Waals surface area (Å²) >= 11 is 0. The van der Waals surface area contributed by atoms with Gasteiger partial charge in [-0.25, -0.2) is 0 Å². The molecule has 0 spiro atoms. The molecule has 0 saturated carbocycles. The van der Waals surface area contributed by atoms with Crippen molar-refractivity contribution in [1.82, 2.24) is 4.98 Å². The number of hydrogen-bond donors (Lipinski definition) is 0. The predicted molar refractivity (Wildman–Crippen MR) is 94.0 cm³/mol. The van der Waals surface area contributed by atoms with Gasteiger partial charge < -0.3 is 0 Å². The monoisotopic (exact) mass is 297 g/mol. The highest BCUT2D eigenvalue weighted by molar-refractivity contribution is 7.79. The fourth-order valence-electron chi connectivity index (χ4n) is 2.05. The van der Waals surface area contributed by atoms with E-state index in [1.807, 2.05) is 12.3 Å². The molecule has 0 aliphatic carbocycles. The number of aromatic nitrogens is 1. The first-order valence-electron chi connectivity index (χ1n) is 6.26. The van der Waals surface area contributed by atoms with Crippen molar-refractivity contribution in [2.24, 2.45) is 0 Å². The Morgan fingerprint density at radius 3 is 1.55 bits per heavy atom. The molecule has 0 aliphatic rings. The van der Waals surface area contributed by atoms with Gasteiger partial charge in [-0.05, 0) is 22.7 Å².